The molecule has 0 aliphatic heterocycles. The smallest absolute Gasteiger partial charge is 0.422 e. The number of benzene rings is 2. The summed E-state index contributed by atoms with van der Waals surface area (Å²) in [6.45, 7) is -1.56. The van der Waals surface area contributed by atoms with Crippen molar-refractivity contribution in [1.29, 1.82) is 0 Å². The van der Waals surface area contributed by atoms with Gasteiger partial charge in [0.1, 0.15) is 16.4 Å². The highest BCUT2D eigenvalue weighted by molar-refractivity contribution is 7.93. The van der Waals surface area contributed by atoms with Gasteiger partial charge >= 0.3 is 12.1 Å². The van der Waals surface area contributed by atoms with Crippen molar-refractivity contribution < 1.29 is 41.0 Å². The van der Waals surface area contributed by atoms with E-state index in [1.165, 1.54) is 55.8 Å². The number of halogens is 4. The average Bonchev–Trinajstić information content (AvgIpc) is 3.13. The van der Waals surface area contributed by atoms with Crippen LogP contribution in [-0.4, -0.2) is 44.4 Å². The highest BCUT2D eigenvalue weighted by atomic mass is 35.5. The van der Waals surface area contributed by atoms with Crippen LogP contribution in [0.1, 0.15) is 12.0 Å². The number of pyridine rings is 1. The summed E-state index contributed by atoms with van der Waals surface area (Å²) in [5.74, 6) is 4.62. The second-order valence-corrected chi connectivity index (χ2v) is 10.5. The summed E-state index contributed by atoms with van der Waals surface area (Å²) in [7, 11) is -2.98. The maximum absolute atomic E-state index is 13.5. The molecule has 41 heavy (non-hydrogen) atoms. The summed E-state index contributed by atoms with van der Waals surface area (Å²) in [5, 5.41) is 9.66. The number of ether oxygens (including phenoxy) is 2. The second kappa shape index (κ2) is 12.0. The molecular weight excluding hydrogens is 585 g/mol. The molecule has 0 saturated carbocycles. The van der Waals surface area contributed by atoms with Crippen LogP contribution < -0.4 is 9.46 Å². The molecule has 1 aliphatic carbocycles. The normalized spacial score (nSPS) is 13.6. The van der Waals surface area contributed by atoms with Crippen molar-refractivity contribution in [3.63, 3.8) is 0 Å². The van der Waals surface area contributed by atoms with Gasteiger partial charge in [-0.25, -0.2) is 13.2 Å². The number of sulfonamides is 1. The van der Waals surface area contributed by atoms with Crippen LogP contribution in [-0.2, 0) is 19.6 Å². The summed E-state index contributed by atoms with van der Waals surface area (Å²) in [6, 6.07) is 9.36. The first kappa shape index (κ1) is 29.5. The van der Waals surface area contributed by atoms with E-state index in [9.17, 15) is 31.5 Å². The van der Waals surface area contributed by atoms with Crippen LogP contribution in [0.3, 0.4) is 0 Å². The van der Waals surface area contributed by atoms with Gasteiger partial charge in [-0.2, -0.15) is 13.2 Å². The Morgan fingerprint density at radius 3 is 2.66 bits per heavy atom. The number of anilines is 1. The number of aliphatic carboxylic acids is 1. The Bertz CT molecular complexity index is 1790. The van der Waals surface area contributed by atoms with Gasteiger partial charge in [0.05, 0.1) is 35.0 Å². The van der Waals surface area contributed by atoms with Gasteiger partial charge in [-0.05, 0) is 55.0 Å². The number of hydrogen-bond acceptors (Lipinski definition) is 6. The van der Waals surface area contributed by atoms with Gasteiger partial charge in [0.25, 0.3) is 10.0 Å². The molecule has 4 rings (SSSR count). The highest BCUT2D eigenvalue weighted by Crippen LogP contribution is 2.32. The molecule has 0 bridgehead atoms. The molecule has 2 aromatic carbocycles. The van der Waals surface area contributed by atoms with Crippen molar-refractivity contribution in [3.8, 4) is 17.6 Å². The van der Waals surface area contributed by atoms with E-state index in [1.807, 2.05) is 0 Å². The summed E-state index contributed by atoms with van der Waals surface area (Å²) in [6.07, 6.45) is 1.47. The molecule has 2 N–H and O–H groups in total. The molecule has 0 atom stereocenters. The lowest BCUT2D eigenvalue weighted by molar-refractivity contribution is -0.153. The van der Waals surface area contributed by atoms with Crippen molar-refractivity contribution in [2.45, 2.75) is 17.5 Å². The SMILES string of the molecule is COC1=CC(C(=O)O)=CCC=C1C#Cc1cc(Cl)ccc1NS(=O)(=O)c1ccc(OCC(F)(F)F)c2cccnc12. The zero-order chi connectivity index (χ0) is 29.8. The zero-order valence-corrected chi connectivity index (χ0v) is 22.7. The third-order valence-electron chi connectivity index (χ3n) is 5.61. The summed E-state index contributed by atoms with van der Waals surface area (Å²) in [5.41, 5.74) is 0.557. The van der Waals surface area contributed by atoms with Gasteiger partial charge in [-0.15, -0.1) is 0 Å². The summed E-state index contributed by atoms with van der Waals surface area (Å²) in [4.78, 5) is 15.2. The number of alkyl halides is 3. The first-order chi connectivity index (χ1) is 19.4. The number of fused-ring (bicyclic) bond motifs is 1. The molecule has 212 valence electrons. The van der Waals surface area contributed by atoms with Gasteiger partial charge < -0.3 is 14.6 Å². The molecule has 0 spiro atoms. The summed E-state index contributed by atoms with van der Waals surface area (Å²) >= 11 is 6.15. The Morgan fingerprint density at radius 1 is 1.17 bits per heavy atom. The van der Waals surface area contributed by atoms with Crippen LogP contribution in [0.15, 0.2) is 88.7 Å². The van der Waals surface area contributed by atoms with Gasteiger partial charge in [-0.1, -0.05) is 35.6 Å². The van der Waals surface area contributed by atoms with Crippen LogP contribution >= 0.6 is 11.6 Å². The molecular formula is C28H20ClF3N2O6S. The van der Waals surface area contributed by atoms with Gasteiger partial charge in [0, 0.05) is 16.6 Å². The van der Waals surface area contributed by atoms with Gasteiger partial charge in [0.2, 0.25) is 0 Å². The first-order valence-corrected chi connectivity index (χ1v) is 13.6. The van der Waals surface area contributed by atoms with Crippen LogP contribution in [0.5, 0.6) is 5.75 Å². The quantitative estimate of drug-likeness (QED) is 0.325. The fourth-order valence-electron chi connectivity index (χ4n) is 3.78. The number of rotatable bonds is 7. The molecule has 0 fully saturated rings. The standard InChI is InChI=1S/C28H20ClF3N2O6S/c1-39-24-15-19(27(35)36)5-2-4-17(24)7-8-18-14-20(29)9-10-22(18)34-41(37,38)25-12-11-23(40-16-28(30,31)32)21-6-3-13-33-26(21)25/h3-6,9-15,34H,2,16H2,1H3,(H,35,36). The molecule has 0 amide bonds. The molecule has 0 unspecified atom stereocenters. The number of carboxylic acid groups (broad SMARTS) is 1. The van der Waals surface area contributed by atoms with Crippen LogP contribution in [0, 0.1) is 11.8 Å². The largest absolute Gasteiger partial charge is 0.495 e. The highest BCUT2D eigenvalue weighted by Gasteiger charge is 2.29. The van der Waals surface area contributed by atoms with Crippen molar-refractivity contribution >= 4 is 44.2 Å². The molecule has 1 aromatic heterocycles. The molecule has 3 aromatic rings. The number of allylic oxidation sites excluding steroid dienone is 3. The van der Waals surface area contributed by atoms with E-state index in [2.05, 4.69) is 21.5 Å². The number of nitrogens with one attached hydrogen (secondary N) is 1. The predicted octanol–water partition coefficient (Wildman–Crippen LogP) is 5.85. The Balaban J connectivity index is 1.70. The fourth-order valence-corrected chi connectivity index (χ4v) is 5.19. The van der Waals surface area contributed by atoms with E-state index in [0.29, 0.717) is 5.57 Å². The van der Waals surface area contributed by atoms with E-state index < -0.39 is 28.8 Å². The van der Waals surface area contributed by atoms with Crippen LogP contribution in [0.2, 0.25) is 5.02 Å². The van der Waals surface area contributed by atoms with Gasteiger partial charge in [0.15, 0.2) is 6.61 Å². The third kappa shape index (κ3) is 7.19. The maximum Gasteiger partial charge on any atom is 0.422 e. The molecule has 13 heteroatoms. The fraction of sp³-hybridized carbons (Fsp3) is 0.143. The lowest BCUT2D eigenvalue weighted by atomic mass is 10.1. The number of carboxylic acids is 1. The van der Waals surface area contributed by atoms with Crippen molar-refractivity contribution in [3.05, 3.63) is 94.4 Å². The topological polar surface area (TPSA) is 115 Å². The van der Waals surface area contributed by atoms with Crippen molar-refractivity contribution in [2.75, 3.05) is 18.4 Å². The minimum absolute atomic E-state index is 0.0294. The minimum atomic E-state index is -4.59. The average molecular weight is 605 g/mol. The first-order valence-electron chi connectivity index (χ1n) is 11.7. The zero-order valence-electron chi connectivity index (χ0n) is 21.1. The molecule has 1 aliphatic rings. The van der Waals surface area contributed by atoms with E-state index in [-0.39, 0.29) is 55.6 Å². The minimum Gasteiger partial charge on any atom is -0.495 e. The molecule has 1 heterocycles. The van der Waals surface area contributed by atoms with E-state index >= 15 is 0 Å². The van der Waals surface area contributed by atoms with Crippen LogP contribution in [0.25, 0.3) is 10.9 Å². The van der Waals surface area contributed by atoms with Crippen molar-refractivity contribution in [2.24, 2.45) is 0 Å². The number of carbonyl (C=O) groups is 1. The number of nitrogens with zero attached hydrogens (tertiary/aromatic N) is 1. The van der Waals surface area contributed by atoms with E-state index in [0.717, 1.165) is 12.1 Å². The Hall–Kier alpha value is -4.47. The Labute approximate surface area is 237 Å². The maximum atomic E-state index is 13.5. The lowest BCUT2D eigenvalue weighted by Crippen LogP contribution is -2.19. The molecule has 8 nitrogen and oxygen atoms in total. The van der Waals surface area contributed by atoms with Crippen molar-refractivity contribution in [1.82, 2.24) is 4.98 Å². The monoisotopic (exact) mass is 604 g/mol. The Kier molecular flexibility index (Phi) is 8.60. The van der Waals surface area contributed by atoms with E-state index in [4.69, 9.17) is 21.1 Å². The summed E-state index contributed by atoms with van der Waals surface area (Å²) < 4.78 is 77.7. The number of aromatic nitrogens is 1. The molecule has 0 radical (unpaired) electrons. The number of methoxy groups -OCH3 is 1. The third-order valence-corrected chi connectivity index (χ3v) is 7.24. The van der Waals surface area contributed by atoms with Gasteiger partial charge in [-0.3, -0.25) is 9.71 Å². The van der Waals surface area contributed by atoms with Crippen LogP contribution in [0.4, 0.5) is 18.9 Å². The lowest BCUT2D eigenvalue weighted by Gasteiger charge is -2.15. The van der Waals surface area contributed by atoms with E-state index in [1.54, 1.807) is 6.08 Å². The molecule has 0 saturated heterocycles. The number of hydrogen-bond donors (Lipinski definition) is 2. The Morgan fingerprint density at radius 2 is 1.95 bits per heavy atom. The predicted molar refractivity (Wildman–Crippen MR) is 146 cm³/mol. The second-order valence-electron chi connectivity index (χ2n) is 8.44.